The summed E-state index contributed by atoms with van der Waals surface area (Å²) in [5, 5.41) is 6.61. The summed E-state index contributed by atoms with van der Waals surface area (Å²) < 4.78 is 5.29. The van der Waals surface area contributed by atoms with E-state index in [1.165, 1.54) is 24.8 Å². The van der Waals surface area contributed by atoms with E-state index in [-0.39, 0.29) is 29.6 Å². The first kappa shape index (κ1) is 20.1. The highest BCUT2D eigenvalue weighted by molar-refractivity contribution is 5.85. The summed E-state index contributed by atoms with van der Waals surface area (Å²) in [4.78, 5) is 12.5. The van der Waals surface area contributed by atoms with Crippen LogP contribution in [0.15, 0.2) is 24.3 Å². The summed E-state index contributed by atoms with van der Waals surface area (Å²) in [5.74, 6) is 1.25. The van der Waals surface area contributed by atoms with Gasteiger partial charge in [-0.2, -0.15) is 0 Å². The van der Waals surface area contributed by atoms with Gasteiger partial charge in [0.05, 0.1) is 13.0 Å². The summed E-state index contributed by atoms with van der Waals surface area (Å²) in [6, 6.07) is 8.44. The molecule has 1 saturated carbocycles. The van der Waals surface area contributed by atoms with Crippen LogP contribution in [-0.2, 0) is 10.2 Å². The zero-order valence-corrected chi connectivity index (χ0v) is 16.0. The SMILES string of the molecule is COc1ccc(C2(CNC(=O)C3CCCNC3)CCCCC2)cc1.Cl. The molecule has 2 fully saturated rings. The van der Waals surface area contributed by atoms with Crippen molar-refractivity contribution in [2.24, 2.45) is 5.92 Å². The molecule has 0 radical (unpaired) electrons. The number of carbonyl (C=O) groups is 1. The first-order valence-electron chi connectivity index (χ1n) is 9.36. The van der Waals surface area contributed by atoms with Gasteiger partial charge < -0.3 is 15.4 Å². The van der Waals surface area contributed by atoms with Gasteiger partial charge in [-0.3, -0.25) is 4.79 Å². The molecule has 1 aromatic rings. The fourth-order valence-electron chi connectivity index (χ4n) is 4.22. The van der Waals surface area contributed by atoms with E-state index in [0.717, 1.165) is 51.1 Å². The van der Waals surface area contributed by atoms with Gasteiger partial charge in [0.2, 0.25) is 5.91 Å². The van der Waals surface area contributed by atoms with Crippen molar-refractivity contribution in [2.45, 2.75) is 50.4 Å². The zero-order chi connectivity index (χ0) is 16.8. The van der Waals surface area contributed by atoms with E-state index in [0.29, 0.717) is 0 Å². The average Bonchev–Trinajstić information content (AvgIpc) is 2.67. The van der Waals surface area contributed by atoms with Gasteiger partial charge in [0.1, 0.15) is 5.75 Å². The Kier molecular flexibility index (Phi) is 7.57. The predicted octanol–water partition coefficient (Wildman–Crippen LogP) is 3.43. The number of rotatable bonds is 5. The summed E-state index contributed by atoms with van der Waals surface area (Å²) in [7, 11) is 1.70. The van der Waals surface area contributed by atoms with E-state index in [1.807, 2.05) is 12.1 Å². The molecule has 1 heterocycles. The molecule has 0 aromatic heterocycles. The number of hydrogen-bond acceptors (Lipinski definition) is 3. The lowest BCUT2D eigenvalue weighted by Crippen LogP contribution is -2.46. The van der Waals surface area contributed by atoms with Gasteiger partial charge in [-0.05, 0) is 49.9 Å². The van der Waals surface area contributed by atoms with Crippen molar-refractivity contribution in [1.82, 2.24) is 10.6 Å². The average molecular weight is 367 g/mol. The highest BCUT2D eigenvalue weighted by Crippen LogP contribution is 2.39. The van der Waals surface area contributed by atoms with Gasteiger partial charge >= 0.3 is 0 Å². The standard InChI is InChI=1S/C20H30N2O2.ClH/c1-24-18-9-7-17(8-10-18)20(11-3-2-4-12-20)15-22-19(23)16-6-5-13-21-14-16;/h7-10,16,21H,2-6,11-15H2,1H3,(H,22,23);1H. The van der Waals surface area contributed by atoms with E-state index >= 15 is 0 Å². The molecule has 1 aliphatic heterocycles. The number of ether oxygens (including phenoxy) is 1. The smallest absolute Gasteiger partial charge is 0.224 e. The molecule has 1 atom stereocenters. The third-order valence-corrected chi connectivity index (χ3v) is 5.78. The van der Waals surface area contributed by atoms with Crippen molar-refractivity contribution in [2.75, 3.05) is 26.7 Å². The molecule has 2 N–H and O–H groups in total. The van der Waals surface area contributed by atoms with Crippen LogP contribution >= 0.6 is 12.4 Å². The second kappa shape index (κ2) is 9.44. The highest BCUT2D eigenvalue weighted by atomic mass is 35.5. The van der Waals surface area contributed by atoms with Crippen LogP contribution in [0.1, 0.15) is 50.5 Å². The van der Waals surface area contributed by atoms with Crippen molar-refractivity contribution >= 4 is 18.3 Å². The number of nitrogens with one attached hydrogen (secondary N) is 2. The molecule has 2 aliphatic rings. The van der Waals surface area contributed by atoms with Crippen LogP contribution in [0.2, 0.25) is 0 Å². The van der Waals surface area contributed by atoms with Crippen LogP contribution in [0.5, 0.6) is 5.75 Å². The molecule has 1 aromatic carbocycles. The van der Waals surface area contributed by atoms with E-state index in [1.54, 1.807) is 7.11 Å². The monoisotopic (exact) mass is 366 g/mol. The van der Waals surface area contributed by atoms with Crippen molar-refractivity contribution < 1.29 is 9.53 Å². The minimum absolute atomic E-state index is 0. The fraction of sp³-hybridized carbons (Fsp3) is 0.650. The van der Waals surface area contributed by atoms with E-state index in [9.17, 15) is 4.79 Å². The highest BCUT2D eigenvalue weighted by Gasteiger charge is 2.35. The Morgan fingerprint density at radius 2 is 1.92 bits per heavy atom. The first-order valence-corrected chi connectivity index (χ1v) is 9.36. The summed E-state index contributed by atoms with van der Waals surface area (Å²) in [6.07, 6.45) is 8.21. The number of hydrogen-bond donors (Lipinski definition) is 2. The molecule has 3 rings (SSSR count). The molecule has 1 aliphatic carbocycles. The van der Waals surface area contributed by atoms with Gasteiger partial charge in [0.15, 0.2) is 0 Å². The topological polar surface area (TPSA) is 50.4 Å². The number of benzene rings is 1. The van der Waals surface area contributed by atoms with Crippen LogP contribution in [0, 0.1) is 5.92 Å². The largest absolute Gasteiger partial charge is 0.497 e. The minimum atomic E-state index is 0. The zero-order valence-electron chi connectivity index (χ0n) is 15.2. The van der Waals surface area contributed by atoms with Crippen LogP contribution in [0.25, 0.3) is 0 Å². The predicted molar refractivity (Wildman–Crippen MR) is 104 cm³/mol. The maximum atomic E-state index is 12.5. The summed E-state index contributed by atoms with van der Waals surface area (Å²) in [6.45, 7) is 2.62. The van der Waals surface area contributed by atoms with Crippen molar-refractivity contribution in [3.8, 4) is 5.75 Å². The molecule has 0 bridgehead atoms. The number of halogens is 1. The Balaban J connectivity index is 0.00000225. The lowest BCUT2D eigenvalue weighted by atomic mass is 9.69. The maximum Gasteiger partial charge on any atom is 0.224 e. The third kappa shape index (κ3) is 4.89. The Hall–Kier alpha value is -1.26. The Labute approximate surface area is 157 Å². The summed E-state index contributed by atoms with van der Waals surface area (Å²) >= 11 is 0. The first-order chi connectivity index (χ1) is 11.7. The number of piperidine rings is 1. The molecule has 4 nitrogen and oxygen atoms in total. The Morgan fingerprint density at radius 3 is 2.52 bits per heavy atom. The van der Waals surface area contributed by atoms with Gasteiger partial charge in [-0.15, -0.1) is 12.4 Å². The molecule has 5 heteroatoms. The van der Waals surface area contributed by atoms with E-state index in [2.05, 4.69) is 22.8 Å². The third-order valence-electron chi connectivity index (χ3n) is 5.78. The van der Waals surface area contributed by atoms with Crippen molar-refractivity contribution in [3.05, 3.63) is 29.8 Å². The van der Waals surface area contributed by atoms with E-state index in [4.69, 9.17) is 4.74 Å². The lowest BCUT2D eigenvalue weighted by Gasteiger charge is -2.38. The van der Waals surface area contributed by atoms with Crippen molar-refractivity contribution in [1.29, 1.82) is 0 Å². The maximum absolute atomic E-state index is 12.5. The van der Waals surface area contributed by atoms with Gasteiger partial charge in [0, 0.05) is 18.5 Å². The molecule has 0 spiro atoms. The van der Waals surface area contributed by atoms with Crippen LogP contribution in [0.4, 0.5) is 0 Å². The van der Waals surface area contributed by atoms with Crippen LogP contribution in [-0.4, -0.2) is 32.7 Å². The Morgan fingerprint density at radius 1 is 1.20 bits per heavy atom. The second-order valence-electron chi connectivity index (χ2n) is 7.33. The molecular weight excluding hydrogens is 336 g/mol. The number of carbonyl (C=O) groups excluding carboxylic acids is 1. The Bertz CT molecular complexity index is 535. The molecule has 25 heavy (non-hydrogen) atoms. The van der Waals surface area contributed by atoms with Crippen molar-refractivity contribution in [3.63, 3.8) is 0 Å². The lowest BCUT2D eigenvalue weighted by molar-refractivity contribution is -0.125. The van der Waals surface area contributed by atoms with Gasteiger partial charge in [-0.1, -0.05) is 31.4 Å². The van der Waals surface area contributed by atoms with E-state index < -0.39 is 0 Å². The number of methoxy groups -OCH3 is 1. The fourth-order valence-corrected chi connectivity index (χ4v) is 4.22. The molecule has 1 saturated heterocycles. The second-order valence-corrected chi connectivity index (χ2v) is 7.33. The van der Waals surface area contributed by atoms with Gasteiger partial charge in [0.25, 0.3) is 0 Å². The molecule has 1 amide bonds. The molecular formula is C20H31ClN2O2. The van der Waals surface area contributed by atoms with Crippen LogP contribution < -0.4 is 15.4 Å². The molecule has 140 valence electrons. The normalized spacial score (nSPS) is 22.5. The molecule has 1 unspecified atom stereocenters. The minimum Gasteiger partial charge on any atom is -0.497 e. The number of amides is 1. The van der Waals surface area contributed by atoms with Gasteiger partial charge in [-0.25, -0.2) is 0 Å². The quantitative estimate of drug-likeness (QED) is 0.839. The summed E-state index contributed by atoms with van der Waals surface area (Å²) in [5.41, 5.74) is 1.42. The van der Waals surface area contributed by atoms with Crippen LogP contribution in [0.3, 0.4) is 0 Å².